The molecule has 1 aromatic heterocycles. The van der Waals surface area contributed by atoms with Crippen LogP contribution in [0.1, 0.15) is 38.5 Å². The summed E-state index contributed by atoms with van der Waals surface area (Å²) >= 11 is 3.61. The Morgan fingerprint density at radius 1 is 1.11 bits per heavy atom. The zero-order valence-electron chi connectivity index (χ0n) is 10.5. The van der Waals surface area contributed by atoms with Crippen molar-refractivity contribution < 1.29 is 0 Å². The first-order valence-corrected chi connectivity index (χ1v) is 7.90. The Hall–Kier alpha value is -0.570. The van der Waals surface area contributed by atoms with Crippen LogP contribution in [0.15, 0.2) is 22.8 Å². The highest BCUT2D eigenvalue weighted by Crippen LogP contribution is 2.56. The Labute approximate surface area is 117 Å². The van der Waals surface area contributed by atoms with Gasteiger partial charge in [-0.25, -0.2) is 4.98 Å². The van der Waals surface area contributed by atoms with E-state index in [2.05, 4.69) is 32.3 Å². The molecule has 4 fully saturated rings. The standard InChI is InChI=1S/C15H19BrN2/c16-13-2-1-3-17-14(13)18-15-7-10-4-11(8-15)6-12(5-10)9-15/h1-3,10-12H,4-9H2,(H,17,18). The first kappa shape index (κ1) is 11.3. The number of hydrogen-bond donors (Lipinski definition) is 1. The van der Waals surface area contributed by atoms with Crippen molar-refractivity contribution in [2.45, 2.75) is 44.1 Å². The lowest BCUT2D eigenvalue weighted by atomic mass is 9.53. The van der Waals surface area contributed by atoms with Crippen LogP contribution in [0.5, 0.6) is 0 Å². The Morgan fingerprint density at radius 3 is 2.28 bits per heavy atom. The molecular weight excluding hydrogens is 288 g/mol. The van der Waals surface area contributed by atoms with Gasteiger partial charge in [0.05, 0.1) is 4.47 Å². The summed E-state index contributed by atoms with van der Waals surface area (Å²) in [6, 6.07) is 4.06. The van der Waals surface area contributed by atoms with Crippen LogP contribution in [0, 0.1) is 17.8 Å². The summed E-state index contributed by atoms with van der Waals surface area (Å²) in [7, 11) is 0. The minimum atomic E-state index is 0.353. The maximum atomic E-state index is 4.50. The number of anilines is 1. The van der Waals surface area contributed by atoms with Gasteiger partial charge in [-0.05, 0) is 84.3 Å². The van der Waals surface area contributed by atoms with Crippen LogP contribution in [0.25, 0.3) is 0 Å². The fraction of sp³-hybridized carbons (Fsp3) is 0.667. The van der Waals surface area contributed by atoms with Gasteiger partial charge in [0, 0.05) is 11.7 Å². The molecule has 0 radical (unpaired) electrons. The van der Waals surface area contributed by atoms with Crippen LogP contribution in [-0.2, 0) is 0 Å². The molecule has 96 valence electrons. The zero-order chi connectivity index (χ0) is 12.2. The lowest BCUT2D eigenvalue weighted by Gasteiger charge is -2.57. The van der Waals surface area contributed by atoms with E-state index >= 15 is 0 Å². The van der Waals surface area contributed by atoms with Crippen LogP contribution in [0.2, 0.25) is 0 Å². The van der Waals surface area contributed by atoms with E-state index in [0.717, 1.165) is 28.0 Å². The molecule has 18 heavy (non-hydrogen) atoms. The number of hydrogen-bond acceptors (Lipinski definition) is 2. The van der Waals surface area contributed by atoms with Crippen molar-refractivity contribution in [1.82, 2.24) is 4.98 Å². The molecule has 4 bridgehead atoms. The molecule has 1 aromatic rings. The molecule has 0 aliphatic heterocycles. The average Bonchev–Trinajstić information content (AvgIpc) is 2.30. The van der Waals surface area contributed by atoms with Crippen molar-refractivity contribution in [1.29, 1.82) is 0 Å². The fourth-order valence-electron chi connectivity index (χ4n) is 4.99. The molecule has 4 saturated carbocycles. The van der Waals surface area contributed by atoms with Gasteiger partial charge in [0.25, 0.3) is 0 Å². The predicted octanol–water partition coefficient (Wildman–Crippen LogP) is 4.22. The number of nitrogens with one attached hydrogen (secondary N) is 1. The van der Waals surface area contributed by atoms with Crippen LogP contribution in [0.4, 0.5) is 5.82 Å². The molecule has 3 heteroatoms. The van der Waals surface area contributed by atoms with Gasteiger partial charge in [-0.15, -0.1) is 0 Å². The summed E-state index contributed by atoms with van der Waals surface area (Å²) in [5.41, 5.74) is 0.353. The summed E-state index contributed by atoms with van der Waals surface area (Å²) in [5, 5.41) is 3.80. The van der Waals surface area contributed by atoms with Gasteiger partial charge in [0.1, 0.15) is 5.82 Å². The van der Waals surface area contributed by atoms with Gasteiger partial charge >= 0.3 is 0 Å². The van der Waals surface area contributed by atoms with Crippen molar-refractivity contribution in [3.8, 4) is 0 Å². The Bertz CT molecular complexity index is 436. The van der Waals surface area contributed by atoms with Gasteiger partial charge in [-0.3, -0.25) is 0 Å². The number of halogens is 1. The molecule has 2 nitrogen and oxygen atoms in total. The summed E-state index contributed by atoms with van der Waals surface area (Å²) in [6.45, 7) is 0. The molecule has 5 rings (SSSR count). The van der Waals surface area contributed by atoms with Gasteiger partial charge in [-0.2, -0.15) is 0 Å². The van der Waals surface area contributed by atoms with Crippen molar-refractivity contribution in [3.63, 3.8) is 0 Å². The lowest BCUT2D eigenvalue weighted by molar-refractivity contribution is 0.0105. The lowest BCUT2D eigenvalue weighted by Crippen LogP contribution is -2.54. The van der Waals surface area contributed by atoms with E-state index in [1.54, 1.807) is 0 Å². The first-order valence-electron chi connectivity index (χ1n) is 7.11. The van der Waals surface area contributed by atoms with E-state index < -0.39 is 0 Å². The van der Waals surface area contributed by atoms with Crippen LogP contribution in [-0.4, -0.2) is 10.5 Å². The largest absolute Gasteiger partial charge is 0.364 e. The molecular formula is C15H19BrN2. The van der Waals surface area contributed by atoms with Gasteiger partial charge in [0.2, 0.25) is 0 Å². The SMILES string of the molecule is Brc1cccnc1NC12CC3CC(CC(C3)C1)C2. The molecule has 0 unspecified atom stereocenters. The van der Waals surface area contributed by atoms with Crippen molar-refractivity contribution >= 4 is 21.7 Å². The molecule has 1 heterocycles. The predicted molar refractivity (Wildman–Crippen MR) is 76.5 cm³/mol. The van der Waals surface area contributed by atoms with Crippen molar-refractivity contribution in [2.24, 2.45) is 17.8 Å². The normalized spacial score (nSPS) is 41.1. The average molecular weight is 307 g/mol. The number of pyridine rings is 1. The monoisotopic (exact) mass is 306 g/mol. The maximum absolute atomic E-state index is 4.50. The Morgan fingerprint density at radius 2 is 1.72 bits per heavy atom. The second kappa shape index (κ2) is 3.96. The Kier molecular flexibility index (Phi) is 2.48. The Balaban J connectivity index is 1.63. The number of nitrogens with zero attached hydrogens (tertiary/aromatic N) is 1. The van der Waals surface area contributed by atoms with E-state index in [0.29, 0.717) is 5.54 Å². The third kappa shape index (κ3) is 1.78. The highest BCUT2D eigenvalue weighted by atomic mass is 79.9. The van der Waals surface area contributed by atoms with E-state index in [9.17, 15) is 0 Å². The highest BCUT2D eigenvalue weighted by Gasteiger charge is 2.51. The second-order valence-corrected chi connectivity index (χ2v) is 7.51. The molecule has 0 atom stereocenters. The number of aromatic nitrogens is 1. The molecule has 4 aliphatic carbocycles. The third-order valence-corrected chi connectivity index (χ3v) is 5.82. The highest BCUT2D eigenvalue weighted by molar-refractivity contribution is 9.10. The third-order valence-electron chi connectivity index (χ3n) is 5.18. The minimum absolute atomic E-state index is 0.353. The smallest absolute Gasteiger partial charge is 0.140 e. The first-order chi connectivity index (χ1) is 8.72. The van der Waals surface area contributed by atoms with E-state index in [4.69, 9.17) is 0 Å². The summed E-state index contributed by atoms with van der Waals surface area (Å²) in [5.74, 6) is 3.98. The van der Waals surface area contributed by atoms with Gasteiger partial charge in [0.15, 0.2) is 0 Å². The molecule has 0 amide bonds. The van der Waals surface area contributed by atoms with Gasteiger partial charge in [-0.1, -0.05) is 0 Å². The fourth-order valence-corrected chi connectivity index (χ4v) is 5.35. The molecule has 0 spiro atoms. The molecule has 0 saturated heterocycles. The number of rotatable bonds is 2. The van der Waals surface area contributed by atoms with Crippen LogP contribution in [0.3, 0.4) is 0 Å². The molecule has 4 aliphatic rings. The van der Waals surface area contributed by atoms with Crippen molar-refractivity contribution in [2.75, 3.05) is 5.32 Å². The van der Waals surface area contributed by atoms with Crippen molar-refractivity contribution in [3.05, 3.63) is 22.8 Å². The van der Waals surface area contributed by atoms with Crippen LogP contribution < -0.4 is 5.32 Å². The molecule has 0 aromatic carbocycles. The second-order valence-electron chi connectivity index (χ2n) is 6.66. The van der Waals surface area contributed by atoms with Gasteiger partial charge < -0.3 is 5.32 Å². The van der Waals surface area contributed by atoms with E-state index in [1.807, 2.05) is 12.3 Å². The molecule has 1 N–H and O–H groups in total. The van der Waals surface area contributed by atoms with E-state index in [-0.39, 0.29) is 0 Å². The topological polar surface area (TPSA) is 24.9 Å². The summed E-state index contributed by atoms with van der Waals surface area (Å²) in [6.07, 6.45) is 10.4. The summed E-state index contributed by atoms with van der Waals surface area (Å²) < 4.78 is 1.10. The zero-order valence-corrected chi connectivity index (χ0v) is 12.1. The van der Waals surface area contributed by atoms with Crippen LogP contribution >= 0.6 is 15.9 Å². The van der Waals surface area contributed by atoms with E-state index in [1.165, 1.54) is 38.5 Å². The minimum Gasteiger partial charge on any atom is -0.364 e. The summed E-state index contributed by atoms with van der Waals surface area (Å²) in [4.78, 5) is 4.50. The maximum Gasteiger partial charge on any atom is 0.140 e. The quantitative estimate of drug-likeness (QED) is 0.884.